The number of likely N-dealkylation sites (tertiary alicyclic amines) is 2. The van der Waals surface area contributed by atoms with Crippen LogP contribution in [0.3, 0.4) is 0 Å². The molecule has 2 aromatic carbocycles. The molecule has 1 atom stereocenters. The van der Waals surface area contributed by atoms with Gasteiger partial charge in [-0.2, -0.15) is 0 Å². The monoisotopic (exact) mass is 392 g/mol. The van der Waals surface area contributed by atoms with Crippen LogP contribution in [0.1, 0.15) is 35.2 Å². The lowest BCUT2D eigenvalue weighted by Crippen LogP contribution is -2.37. The van der Waals surface area contributed by atoms with Crippen LogP contribution >= 0.6 is 0 Å². The highest BCUT2D eigenvalue weighted by atomic mass is 19.1. The van der Waals surface area contributed by atoms with Crippen molar-refractivity contribution in [1.82, 2.24) is 19.4 Å². The van der Waals surface area contributed by atoms with Crippen LogP contribution in [0.4, 0.5) is 4.39 Å². The van der Waals surface area contributed by atoms with E-state index in [0.717, 1.165) is 36.2 Å². The molecule has 0 bridgehead atoms. The molecule has 0 aliphatic carbocycles. The van der Waals surface area contributed by atoms with E-state index in [1.807, 2.05) is 33.7 Å². The van der Waals surface area contributed by atoms with Crippen molar-refractivity contribution in [3.8, 4) is 0 Å². The van der Waals surface area contributed by atoms with Gasteiger partial charge in [0.2, 0.25) is 0 Å². The number of carbonyl (C=O) groups excluding carboxylic acids is 1. The Bertz CT molecular complexity index is 1020. The van der Waals surface area contributed by atoms with E-state index in [1.165, 1.54) is 38.1 Å². The van der Waals surface area contributed by atoms with Gasteiger partial charge in [0, 0.05) is 37.3 Å². The summed E-state index contributed by atoms with van der Waals surface area (Å²) >= 11 is 0. The quantitative estimate of drug-likeness (QED) is 0.682. The molecule has 2 aliphatic rings. The Balaban J connectivity index is 1.25. The first-order valence-corrected chi connectivity index (χ1v) is 10.4. The van der Waals surface area contributed by atoms with E-state index in [1.54, 1.807) is 12.4 Å². The molecule has 3 aromatic rings. The van der Waals surface area contributed by atoms with Gasteiger partial charge in [-0.05, 0) is 62.2 Å². The van der Waals surface area contributed by atoms with Crippen LogP contribution in [0, 0.1) is 5.82 Å². The number of hydrogen-bond donors (Lipinski definition) is 0. The molecule has 0 spiro atoms. The third-order valence-corrected chi connectivity index (χ3v) is 6.24. The van der Waals surface area contributed by atoms with Gasteiger partial charge in [-0.3, -0.25) is 9.69 Å². The smallest absolute Gasteiger partial charge is 0.253 e. The summed E-state index contributed by atoms with van der Waals surface area (Å²) in [5.74, 6) is -0.152. The highest BCUT2D eigenvalue weighted by Crippen LogP contribution is 2.22. The van der Waals surface area contributed by atoms with Crippen molar-refractivity contribution in [2.24, 2.45) is 0 Å². The summed E-state index contributed by atoms with van der Waals surface area (Å²) in [5.41, 5.74) is 3.38. The minimum Gasteiger partial charge on any atom is -0.337 e. The summed E-state index contributed by atoms with van der Waals surface area (Å²) in [6.45, 7) is 4.68. The molecule has 2 fully saturated rings. The first-order valence-electron chi connectivity index (χ1n) is 10.4. The zero-order valence-electron chi connectivity index (χ0n) is 16.4. The van der Waals surface area contributed by atoms with Crippen LogP contribution in [0.5, 0.6) is 0 Å². The SMILES string of the molecule is O=C(c1ccc(Cn2cnc3cc(F)ccc32)cc1)N1CCC(N2CCCC2)C1. The molecule has 2 saturated heterocycles. The second-order valence-electron chi connectivity index (χ2n) is 8.14. The molecule has 29 heavy (non-hydrogen) atoms. The maximum absolute atomic E-state index is 13.3. The fourth-order valence-electron chi connectivity index (χ4n) is 4.63. The first-order chi connectivity index (χ1) is 14.2. The zero-order chi connectivity index (χ0) is 19.8. The van der Waals surface area contributed by atoms with Crippen LogP contribution in [0.15, 0.2) is 48.8 Å². The summed E-state index contributed by atoms with van der Waals surface area (Å²) in [6, 6.07) is 13.0. The van der Waals surface area contributed by atoms with E-state index >= 15 is 0 Å². The molecule has 0 N–H and O–H groups in total. The Morgan fingerprint density at radius 2 is 1.86 bits per heavy atom. The molecule has 150 valence electrons. The Labute approximate surface area is 169 Å². The molecule has 2 aliphatic heterocycles. The fourth-order valence-corrected chi connectivity index (χ4v) is 4.63. The van der Waals surface area contributed by atoms with Gasteiger partial charge in [0.15, 0.2) is 0 Å². The summed E-state index contributed by atoms with van der Waals surface area (Å²) in [7, 11) is 0. The zero-order valence-corrected chi connectivity index (χ0v) is 16.4. The lowest BCUT2D eigenvalue weighted by molar-refractivity contribution is 0.0780. The molecule has 3 heterocycles. The lowest BCUT2D eigenvalue weighted by Gasteiger charge is -2.23. The van der Waals surface area contributed by atoms with Crippen LogP contribution < -0.4 is 0 Å². The van der Waals surface area contributed by atoms with Gasteiger partial charge in [0.25, 0.3) is 5.91 Å². The number of nitrogens with zero attached hydrogens (tertiary/aromatic N) is 4. The standard InChI is InChI=1S/C23H25FN4O/c24-19-7-8-22-21(13-19)25-16-28(22)14-17-3-5-18(6-4-17)23(29)27-12-9-20(15-27)26-10-1-2-11-26/h3-8,13,16,20H,1-2,9-12,14-15H2. The average Bonchev–Trinajstić information content (AvgIpc) is 3.49. The van der Waals surface area contributed by atoms with Gasteiger partial charge in [-0.25, -0.2) is 9.37 Å². The number of halogens is 1. The Hall–Kier alpha value is -2.73. The second-order valence-corrected chi connectivity index (χ2v) is 8.14. The summed E-state index contributed by atoms with van der Waals surface area (Å²) < 4.78 is 15.3. The number of rotatable bonds is 4. The van der Waals surface area contributed by atoms with E-state index in [2.05, 4.69) is 9.88 Å². The van der Waals surface area contributed by atoms with Crippen LogP contribution in [0.2, 0.25) is 0 Å². The third-order valence-electron chi connectivity index (χ3n) is 6.24. The Morgan fingerprint density at radius 1 is 1.07 bits per heavy atom. The number of amides is 1. The van der Waals surface area contributed by atoms with Crippen LogP contribution in [-0.4, -0.2) is 57.5 Å². The summed E-state index contributed by atoms with van der Waals surface area (Å²) in [4.78, 5) is 21.7. The van der Waals surface area contributed by atoms with E-state index in [9.17, 15) is 9.18 Å². The molecular weight excluding hydrogens is 367 g/mol. The number of benzene rings is 2. The topological polar surface area (TPSA) is 41.4 Å². The second kappa shape index (κ2) is 7.59. The first kappa shape index (κ1) is 18.3. The predicted molar refractivity (Wildman–Crippen MR) is 110 cm³/mol. The maximum Gasteiger partial charge on any atom is 0.253 e. The number of fused-ring (bicyclic) bond motifs is 1. The Kier molecular flexibility index (Phi) is 4.79. The molecule has 1 amide bonds. The minimum absolute atomic E-state index is 0.127. The van der Waals surface area contributed by atoms with Crippen molar-refractivity contribution in [3.05, 3.63) is 65.7 Å². The third kappa shape index (κ3) is 3.65. The van der Waals surface area contributed by atoms with E-state index < -0.39 is 0 Å². The van der Waals surface area contributed by atoms with Crippen molar-refractivity contribution in [3.63, 3.8) is 0 Å². The Morgan fingerprint density at radius 3 is 2.66 bits per heavy atom. The van der Waals surface area contributed by atoms with Gasteiger partial charge in [0.1, 0.15) is 5.82 Å². The molecule has 0 saturated carbocycles. The normalized spacial score (nSPS) is 20.0. The molecule has 5 nitrogen and oxygen atoms in total. The van der Waals surface area contributed by atoms with Gasteiger partial charge in [-0.1, -0.05) is 12.1 Å². The summed E-state index contributed by atoms with van der Waals surface area (Å²) in [6.07, 6.45) is 5.38. The maximum atomic E-state index is 13.3. The van der Waals surface area contributed by atoms with E-state index in [-0.39, 0.29) is 11.7 Å². The van der Waals surface area contributed by atoms with Crippen molar-refractivity contribution in [2.45, 2.75) is 31.8 Å². The highest BCUT2D eigenvalue weighted by molar-refractivity contribution is 5.94. The van der Waals surface area contributed by atoms with E-state index in [4.69, 9.17) is 0 Å². The van der Waals surface area contributed by atoms with Gasteiger partial charge in [0.05, 0.1) is 17.4 Å². The average molecular weight is 392 g/mol. The highest BCUT2D eigenvalue weighted by Gasteiger charge is 2.31. The predicted octanol–water partition coefficient (Wildman–Crippen LogP) is 3.53. The molecule has 5 rings (SSSR count). The number of aromatic nitrogens is 2. The number of imidazole rings is 1. The van der Waals surface area contributed by atoms with Gasteiger partial charge < -0.3 is 9.47 Å². The largest absolute Gasteiger partial charge is 0.337 e. The van der Waals surface area contributed by atoms with Crippen LogP contribution in [-0.2, 0) is 6.54 Å². The van der Waals surface area contributed by atoms with Crippen molar-refractivity contribution >= 4 is 16.9 Å². The fraction of sp³-hybridized carbons (Fsp3) is 0.391. The minimum atomic E-state index is -0.278. The van der Waals surface area contributed by atoms with Crippen LogP contribution in [0.25, 0.3) is 11.0 Å². The van der Waals surface area contributed by atoms with E-state index in [0.29, 0.717) is 18.1 Å². The number of carbonyl (C=O) groups is 1. The molecule has 6 heteroatoms. The van der Waals surface area contributed by atoms with Gasteiger partial charge >= 0.3 is 0 Å². The van der Waals surface area contributed by atoms with Crippen molar-refractivity contribution in [2.75, 3.05) is 26.2 Å². The number of hydrogen-bond acceptors (Lipinski definition) is 3. The van der Waals surface area contributed by atoms with Crippen molar-refractivity contribution < 1.29 is 9.18 Å². The molecule has 1 aromatic heterocycles. The van der Waals surface area contributed by atoms with Gasteiger partial charge in [-0.15, -0.1) is 0 Å². The lowest BCUT2D eigenvalue weighted by atomic mass is 10.1. The van der Waals surface area contributed by atoms with Crippen molar-refractivity contribution in [1.29, 1.82) is 0 Å². The molecule has 1 unspecified atom stereocenters. The molecular formula is C23H25FN4O. The molecule has 0 radical (unpaired) electrons. The summed E-state index contributed by atoms with van der Waals surface area (Å²) in [5, 5.41) is 0.